The van der Waals surface area contributed by atoms with Crippen molar-refractivity contribution in [3.05, 3.63) is 59.2 Å². The van der Waals surface area contributed by atoms with E-state index in [2.05, 4.69) is 6.08 Å². The van der Waals surface area contributed by atoms with Crippen molar-refractivity contribution >= 4 is 17.3 Å². The van der Waals surface area contributed by atoms with Crippen molar-refractivity contribution in [1.29, 1.82) is 0 Å². The Labute approximate surface area is 227 Å². The minimum atomic E-state index is -1.55. The molecule has 1 aromatic carbocycles. The maximum absolute atomic E-state index is 15.1. The molecule has 3 fully saturated rings. The molecule has 5 nitrogen and oxygen atoms in total. The predicted molar refractivity (Wildman–Crippen MR) is 149 cm³/mol. The third kappa shape index (κ3) is 4.17. The molecule has 1 aliphatic heterocycles. The summed E-state index contributed by atoms with van der Waals surface area (Å²) in [7, 11) is 0. The highest BCUT2D eigenvalue weighted by atomic mass is 16.5. The SMILES string of the molecule is CC(C)=CCC1CC2(CC=C(C)C)C(=O)C3CC(C(C)(C)O)OC3C(C(=O)c3ccccc3)(C2=O)C1(C)C. The summed E-state index contributed by atoms with van der Waals surface area (Å²) in [4.78, 5) is 44.4. The van der Waals surface area contributed by atoms with Crippen molar-refractivity contribution < 1.29 is 24.2 Å². The lowest BCUT2D eigenvalue weighted by Gasteiger charge is -2.63. The van der Waals surface area contributed by atoms with Crippen LogP contribution in [-0.4, -0.2) is 40.3 Å². The van der Waals surface area contributed by atoms with Gasteiger partial charge in [-0.05, 0) is 78.6 Å². The van der Waals surface area contributed by atoms with Crippen molar-refractivity contribution in [2.45, 2.75) is 98.9 Å². The van der Waals surface area contributed by atoms with E-state index in [9.17, 15) is 14.7 Å². The second kappa shape index (κ2) is 9.67. The van der Waals surface area contributed by atoms with E-state index in [1.54, 1.807) is 26.0 Å². The highest BCUT2D eigenvalue weighted by molar-refractivity contribution is 6.26. The van der Waals surface area contributed by atoms with E-state index < -0.39 is 40.0 Å². The number of carbonyl (C=O) groups is 3. The van der Waals surface area contributed by atoms with Crippen LogP contribution in [0.3, 0.4) is 0 Å². The minimum Gasteiger partial charge on any atom is -0.388 e. The van der Waals surface area contributed by atoms with Gasteiger partial charge >= 0.3 is 0 Å². The molecule has 2 aliphatic carbocycles. The number of allylic oxidation sites excluding steroid dienone is 4. The summed E-state index contributed by atoms with van der Waals surface area (Å²) in [5.41, 5.74) is -2.22. The largest absolute Gasteiger partial charge is 0.388 e. The Bertz CT molecular complexity index is 1180. The van der Waals surface area contributed by atoms with Gasteiger partial charge in [0.1, 0.15) is 5.41 Å². The predicted octanol–water partition coefficient (Wildman–Crippen LogP) is 6.30. The molecule has 0 aromatic heterocycles. The maximum atomic E-state index is 15.1. The van der Waals surface area contributed by atoms with E-state index in [0.29, 0.717) is 24.8 Å². The number of hydrogen-bond acceptors (Lipinski definition) is 5. The molecule has 3 aliphatic rings. The fraction of sp³-hybridized carbons (Fsp3) is 0.606. The van der Waals surface area contributed by atoms with Crippen LogP contribution in [0, 0.1) is 28.1 Å². The van der Waals surface area contributed by atoms with Crippen molar-refractivity contribution in [3.8, 4) is 0 Å². The Hall–Kier alpha value is -2.37. The van der Waals surface area contributed by atoms with Crippen molar-refractivity contribution in [3.63, 3.8) is 0 Å². The highest BCUT2D eigenvalue weighted by Gasteiger charge is 2.79. The number of hydrogen-bond donors (Lipinski definition) is 1. The van der Waals surface area contributed by atoms with Gasteiger partial charge in [-0.15, -0.1) is 0 Å². The molecule has 4 rings (SSSR count). The van der Waals surface area contributed by atoms with Gasteiger partial charge in [0.2, 0.25) is 0 Å². The molecule has 5 heteroatoms. The number of carbonyl (C=O) groups excluding carboxylic acids is 3. The lowest BCUT2D eigenvalue weighted by atomic mass is 9.37. The average molecular weight is 521 g/mol. The standard InChI is InChI=1S/C33H44O5/c1-20(2)14-15-23-19-32(17-16-21(3)4)27(35)24-18-25(31(7,8)37)38-28(24)33(29(32)36,30(23,5)6)26(34)22-12-10-9-11-13-22/h9-14,16,23-25,28,37H,15,17-19H2,1-8H3. The molecule has 0 radical (unpaired) electrons. The van der Waals surface area contributed by atoms with Gasteiger partial charge < -0.3 is 9.84 Å². The molecule has 6 atom stereocenters. The molecule has 1 aromatic rings. The van der Waals surface area contributed by atoms with Gasteiger partial charge in [-0.25, -0.2) is 0 Å². The molecule has 1 heterocycles. The molecule has 0 spiro atoms. The normalized spacial score (nSPS) is 33.9. The molecule has 1 N–H and O–H groups in total. The molecule has 2 saturated carbocycles. The van der Waals surface area contributed by atoms with Gasteiger partial charge in [0.25, 0.3) is 0 Å². The molecule has 6 unspecified atom stereocenters. The second-order valence-electron chi connectivity index (χ2n) is 13.4. The summed E-state index contributed by atoms with van der Waals surface area (Å²) in [5.74, 6) is -1.41. The number of Topliss-reactive ketones (excluding diaryl/α,β-unsaturated/α-hetero) is 3. The van der Waals surface area contributed by atoms with Gasteiger partial charge in [0.15, 0.2) is 17.3 Å². The number of aliphatic hydroxyl groups is 1. The number of fused-ring (bicyclic) bond motifs is 4. The fourth-order valence-electron chi connectivity index (χ4n) is 7.36. The van der Waals surface area contributed by atoms with Crippen LogP contribution in [0.1, 0.15) is 91.4 Å². The minimum absolute atomic E-state index is 0.0944. The number of ketones is 3. The molecular formula is C33H44O5. The zero-order valence-corrected chi connectivity index (χ0v) is 24.3. The molecule has 38 heavy (non-hydrogen) atoms. The molecule has 206 valence electrons. The van der Waals surface area contributed by atoms with E-state index in [-0.39, 0.29) is 29.7 Å². The van der Waals surface area contributed by atoms with E-state index in [0.717, 1.165) is 11.1 Å². The number of rotatable bonds is 7. The highest BCUT2D eigenvalue weighted by Crippen LogP contribution is 2.68. The molecular weight excluding hydrogens is 476 g/mol. The number of ether oxygens (including phenoxy) is 1. The van der Waals surface area contributed by atoms with Gasteiger partial charge in [-0.2, -0.15) is 0 Å². The van der Waals surface area contributed by atoms with Crippen molar-refractivity contribution in [1.82, 2.24) is 0 Å². The van der Waals surface area contributed by atoms with E-state index in [1.807, 2.05) is 65.8 Å². The number of benzene rings is 1. The van der Waals surface area contributed by atoms with Crippen LogP contribution >= 0.6 is 0 Å². The first-order valence-electron chi connectivity index (χ1n) is 13.9. The third-order valence-electron chi connectivity index (χ3n) is 9.66. The van der Waals surface area contributed by atoms with Crippen molar-refractivity contribution in [2.75, 3.05) is 0 Å². The average Bonchev–Trinajstić information content (AvgIpc) is 3.29. The Morgan fingerprint density at radius 2 is 1.66 bits per heavy atom. The van der Waals surface area contributed by atoms with Crippen LogP contribution in [0.5, 0.6) is 0 Å². The van der Waals surface area contributed by atoms with Gasteiger partial charge in [-0.3, -0.25) is 14.4 Å². The van der Waals surface area contributed by atoms with E-state index in [4.69, 9.17) is 4.74 Å². The summed E-state index contributed by atoms with van der Waals surface area (Å²) < 4.78 is 6.54. The first kappa shape index (κ1) is 28.6. The van der Waals surface area contributed by atoms with Crippen LogP contribution in [0.25, 0.3) is 0 Å². The molecule has 1 saturated heterocycles. The molecule has 2 bridgehead atoms. The Kier molecular flexibility index (Phi) is 7.29. The molecule has 0 amide bonds. The zero-order chi connectivity index (χ0) is 28.3. The topological polar surface area (TPSA) is 80.7 Å². The van der Waals surface area contributed by atoms with E-state index in [1.165, 1.54) is 0 Å². The van der Waals surface area contributed by atoms with Crippen LogP contribution in [0.15, 0.2) is 53.6 Å². The van der Waals surface area contributed by atoms with E-state index >= 15 is 4.79 Å². The van der Waals surface area contributed by atoms with Crippen LogP contribution in [-0.2, 0) is 14.3 Å². The van der Waals surface area contributed by atoms with Gasteiger partial charge in [0, 0.05) is 11.5 Å². The lowest BCUT2D eigenvalue weighted by molar-refractivity contribution is -0.198. The smallest absolute Gasteiger partial charge is 0.179 e. The first-order valence-corrected chi connectivity index (χ1v) is 13.9. The Morgan fingerprint density at radius 1 is 1.05 bits per heavy atom. The lowest BCUT2D eigenvalue weighted by Crippen LogP contribution is -2.74. The van der Waals surface area contributed by atoms with Gasteiger partial charge in [0.05, 0.1) is 23.2 Å². The maximum Gasteiger partial charge on any atom is 0.179 e. The van der Waals surface area contributed by atoms with Crippen LogP contribution < -0.4 is 0 Å². The Balaban J connectivity index is 2.04. The summed E-state index contributed by atoms with van der Waals surface area (Å²) in [6, 6.07) is 8.98. The second-order valence-corrected chi connectivity index (χ2v) is 13.4. The van der Waals surface area contributed by atoms with Crippen LogP contribution in [0.2, 0.25) is 0 Å². The summed E-state index contributed by atoms with van der Waals surface area (Å²) >= 11 is 0. The quantitative estimate of drug-likeness (QED) is 0.259. The first-order chi connectivity index (χ1) is 17.6. The summed E-state index contributed by atoms with van der Waals surface area (Å²) in [5, 5.41) is 10.9. The van der Waals surface area contributed by atoms with Crippen LogP contribution in [0.4, 0.5) is 0 Å². The summed E-state index contributed by atoms with van der Waals surface area (Å²) in [6.45, 7) is 15.4. The van der Waals surface area contributed by atoms with Gasteiger partial charge in [-0.1, -0.05) is 67.5 Å². The third-order valence-corrected chi connectivity index (χ3v) is 9.66. The monoisotopic (exact) mass is 520 g/mol. The summed E-state index contributed by atoms with van der Waals surface area (Å²) in [6.07, 6.45) is 4.23. The fourth-order valence-corrected chi connectivity index (χ4v) is 7.36. The zero-order valence-electron chi connectivity index (χ0n) is 24.3. The van der Waals surface area contributed by atoms with Crippen molar-refractivity contribution in [2.24, 2.45) is 28.1 Å². The Morgan fingerprint density at radius 3 is 2.21 bits per heavy atom.